The van der Waals surface area contributed by atoms with Crippen LogP contribution in [0.25, 0.3) is 10.9 Å². The summed E-state index contributed by atoms with van der Waals surface area (Å²) in [6.45, 7) is 2.13. The SMILES string of the molecule is O=C1CCN(c2ccc3c(ccn3C3CCNCC3)c2F)C(=O)N1. The molecule has 1 aromatic carbocycles. The van der Waals surface area contributed by atoms with Gasteiger partial charge in [-0.3, -0.25) is 15.0 Å². The lowest BCUT2D eigenvalue weighted by atomic mass is 10.1. The molecule has 6 nitrogen and oxygen atoms in total. The van der Waals surface area contributed by atoms with E-state index in [1.54, 1.807) is 12.1 Å². The molecule has 1 aromatic heterocycles. The highest BCUT2D eigenvalue weighted by molar-refractivity contribution is 6.06. The molecule has 0 unspecified atom stereocenters. The summed E-state index contributed by atoms with van der Waals surface area (Å²) in [6, 6.07) is 5.06. The molecule has 0 atom stereocenters. The van der Waals surface area contributed by atoms with Crippen molar-refractivity contribution in [2.24, 2.45) is 0 Å². The molecule has 126 valence electrons. The first-order valence-corrected chi connectivity index (χ1v) is 8.26. The lowest BCUT2D eigenvalue weighted by Crippen LogP contribution is -2.49. The highest BCUT2D eigenvalue weighted by Gasteiger charge is 2.27. The summed E-state index contributed by atoms with van der Waals surface area (Å²) in [7, 11) is 0. The molecule has 2 saturated heterocycles. The molecule has 0 radical (unpaired) electrons. The van der Waals surface area contributed by atoms with E-state index in [1.165, 1.54) is 4.90 Å². The predicted molar refractivity (Wildman–Crippen MR) is 88.5 cm³/mol. The van der Waals surface area contributed by atoms with Crippen LogP contribution in [0, 0.1) is 5.82 Å². The van der Waals surface area contributed by atoms with Crippen molar-refractivity contribution >= 4 is 28.5 Å². The van der Waals surface area contributed by atoms with Crippen LogP contribution in [0.15, 0.2) is 24.4 Å². The summed E-state index contributed by atoms with van der Waals surface area (Å²) in [5, 5.41) is 6.07. The van der Waals surface area contributed by atoms with Crippen LogP contribution >= 0.6 is 0 Å². The van der Waals surface area contributed by atoms with Crippen molar-refractivity contribution in [3.8, 4) is 0 Å². The molecule has 0 spiro atoms. The quantitative estimate of drug-likeness (QED) is 0.887. The number of nitrogens with one attached hydrogen (secondary N) is 2. The monoisotopic (exact) mass is 330 g/mol. The summed E-state index contributed by atoms with van der Waals surface area (Å²) >= 11 is 0. The summed E-state index contributed by atoms with van der Waals surface area (Å²) in [5.41, 5.74) is 1.06. The smallest absolute Gasteiger partial charge is 0.328 e. The van der Waals surface area contributed by atoms with Crippen LogP contribution in [0.2, 0.25) is 0 Å². The molecule has 2 aliphatic rings. The molecule has 2 aliphatic heterocycles. The number of urea groups is 1. The Labute approximate surface area is 138 Å². The van der Waals surface area contributed by atoms with Gasteiger partial charge in [0.15, 0.2) is 5.82 Å². The Morgan fingerprint density at radius 3 is 2.67 bits per heavy atom. The van der Waals surface area contributed by atoms with Gasteiger partial charge in [-0.05, 0) is 44.1 Å². The van der Waals surface area contributed by atoms with Gasteiger partial charge in [0.1, 0.15) is 0 Å². The zero-order valence-corrected chi connectivity index (χ0v) is 13.2. The number of carbonyl (C=O) groups is 2. The highest BCUT2D eigenvalue weighted by atomic mass is 19.1. The molecule has 2 aromatic rings. The topological polar surface area (TPSA) is 66.4 Å². The summed E-state index contributed by atoms with van der Waals surface area (Å²) < 4.78 is 17.1. The fourth-order valence-electron chi connectivity index (χ4n) is 3.60. The number of hydrogen-bond acceptors (Lipinski definition) is 3. The molecule has 2 N–H and O–H groups in total. The molecule has 3 heterocycles. The summed E-state index contributed by atoms with van der Waals surface area (Å²) in [6.07, 6.45) is 4.14. The van der Waals surface area contributed by atoms with Gasteiger partial charge in [-0.2, -0.15) is 0 Å². The van der Waals surface area contributed by atoms with Crippen LogP contribution in [-0.4, -0.2) is 36.1 Å². The average Bonchev–Trinajstić information content (AvgIpc) is 3.02. The third-order valence-corrected chi connectivity index (χ3v) is 4.86. The molecule has 24 heavy (non-hydrogen) atoms. The van der Waals surface area contributed by atoms with E-state index < -0.39 is 11.8 Å². The van der Waals surface area contributed by atoms with Gasteiger partial charge in [0.25, 0.3) is 0 Å². The first-order valence-electron chi connectivity index (χ1n) is 8.26. The van der Waals surface area contributed by atoms with Crippen molar-refractivity contribution in [1.29, 1.82) is 0 Å². The fourth-order valence-corrected chi connectivity index (χ4v) is 3.60. The Hall–Kier alpha value is -2.41. The maximum absolute atomic E-state index is 15.0. The van der Waals surface area contributed by atoms with Crippen molar-refractivity contribution in [2.45, 2.75) is 25.3 Å². The largest absolute Gasteiger partial charge is 0.344 e. The second-order valence-corrected chi connectivity index (χ2v) is 6.29. The lowest BCUT2D eigenvalue weighted by molar-refractivity contribution is -0.120. The number of nitrogens with zero attached hydrogens (tertiary/aromatic N) is 2. The molecule has 0 aliphatic carbocycles. The number of anilines is 1. The molecule has 3 amide bonds. The minimum Gasteiger partial charge on any atom is -0.344 e. The van der Waals surface area contributed by atoms with E-state index >= 15 is 0 Å². The number of amides is 3. The van der Waals surface area contributed by atoms with Crippen molar-refractivity contribution < 1.29 is 14.0 Å². The van der Waals surface area contributed by atoms with Crippen molar-refractivity contribution in [2.75, 3.05) is 24.5 Å². The second kappa shape index (κ2) is 5.90. The Morgan fingerprint density at radius 1 is 1.12 bits per heavy atom. The number of fused-ring (bicyclic) bond motifs is 1. The third kappa shape index (κ3) is 2.45. The van der Waals surface area contributed by atoms with E-state index in [0.717, 1.165) is 31.4 Å². The minimum absolute atomic E-state index is 0.180. The molecular formula is C17H19FN4O2. The summed E-state index contributed by atoms with van der Waals surface area (Å²) in [4.78, 5) is 24.5. The van der Waals surface area contributed by atoms with Crippen molar-refractivity contribution in [3.63, 3.8) is 0 Å². The number of benzene rings is 1. The number of rotatable bonds is 2. The summed E-state index contributed by atoms with van der Waals surface area (Å²) in [5.74, 6) is -0.737. The maximum atomic E-state index is 15.0. The van der Waals surface area contributed by atoms with Gasteiger partial charge in [-0.25, -0.2) is 9.18 Å². The van der Waals surface area contributed by atoms with E-state index in [2.05, 4.69) is 15.2 Å². The molecule has 4 rings (SSSR count). The van der Waals surface area contributed by atoms with E-state index in [0.29, 0.717) is 11.4 Å². The predicted octanol–water partition coefficient (Wildman–Crippen LogP) is 2.15. The number of carbonyl (C=O) groups excluding carboxylic acids is 2. The minimum atomic E-state index is -0.567. The second-order valence-electron chi connectivity index (χ2n) is 6.29. The van der Waals surface area contributed by atoms with Gasteiger partial charge >= 0.3 is 6.03 Å². The Balaban J connectivity index is 1.71. The van der Waals surface area contributed by atoms with E-state index in [4.69, 9.17) is 0 Å². The van der Waals surface area contributed by atoms with Crippen LogP contribution in [0.4, 0.5) is 14.9 Å². The number of aromatic nitrogens is 1. The van der Waals surface area contributed by atoms with Crippen LogP contribution in [0.5, 0.6) is 0 Å². The van der Waals surface area contributed by atoms with Gasteiger partial charge in [0.2, 0.25) is 5.91 Å². The Bertz CT molecular complexity index is 810. The highest BCUT2D eigenvalue weighted by Crippen LogP contribution is 2.32. The average molecular weight is 330 g/mol. The first-order chi connectivity index (χ1) is 11.6. The normalized spacial score (nSPS) is 19.8. The molecule has 7 heteroatoms. The molecule has 0 saturated carbocycles. The van der Waals surface area contributed by atoms with Gasteiger partial charge in [0.05, 0.1) is 11.2 Å². The van der Waals surface area contributed by atoms with E-state index in [1.807, 2.05) is 12.3 Å². The van der Waals surface area contributed by atoms with Gasteiger partial charge in [-0.1, -0.05) is 0 Å². The Morgan fingerprint density at radius 2 is 1.92 bits per heavy atom. The van der Waals surface area contributed by atoms with Crippen LogP contribution in [0.1, 0.15) is 25.3 Å². The molecule has 2 fully saturated rings. The van der Waals surface area contributed by atoms with Gasteiger partial charge in [0, 0.05) is 30.6 Å². The van der Waals surface area contributed by atoms with Crippen LogP contribution in [0.3, 0.4) is 0 Å². The van der Waals surface area contributed by atoms with E-state index in [-0.39, 0.29) is 24.6 Å². The zero-order chi connectivity index (χ0) is 16.7. The number of halogens is 1. The lowest BCUT2D eigenvalue weighted by Gasteiger charge is -2.27. The van der Waals surface area contributed by atoms with E-state index in [9.17, 15) is 14.0 Å². The Kier molecular flexibility index (Phi) is 3.72. The number of piperidine rings is 1. The first kappa shape index (κ1) is 15.1. The van der Waals surface area contributed by atoms with Crippen LogP contribution < -0.4 is 15.5 Å². The standard InChI is InChI=1S/C17H19FN4O2/c18-16-12-5-9-21(11-3-7-19-8-4-11)13(12)1-2-14(16)22-10-6-15(23)20-17(22)24/h1-2,5,9,11,19H,3-4,6-8,10H2,(H,20,23,24). The number of imide groups is 1. The van der Waals surface area contributed by atoms with Crippen molar-refractivity contribution in [3.05, 3.63) is 30.2 Å². The van der Waals surface area contributed by atoms with Crippen molar-refractivity contribution in [1.82, 2.24) is 15.2 Å². The molecule has 0 bridgehead atoms. The van der Waals surface area contributed by atoms with Gasteiger partial charge in [-0.15, -0.1) is 0 Å². The van der Waals surface area contributed by atoms with Crippen LogP contribution in [-0.2, 0) is 4.79 Å². The maximum Gasteiger partial charge on any atom is 0.328 e. The zero-order valence-electron chi connectivity index (χ0n) is 13.2. The third-order valence-electron chi connectivity index (χ3n) is 4.86. The van der Waals surface area contributed by atoms with Gasteiger partial charge < -0.3 is 9.88 Å². The fraction of sp³-hybridized carbons (Fsp3) is 0.412. The number of hydrogen-bond donors (Lipinski definition) is 2. The molecular weight excluding hydrogens is 311 g/mol.